The van der Waals surface area contributed by atoms with Gasteiger partial charge in [-0.3, -0.25) is 9.39 Å². The first-order chi connectivity index (χ1) is 14.5. The molecule has 0 amide bonds. The smallest absolute Gasteiger partial charge is 0.214 e. The first kappa shape index (κ1) is 25.8. The number of pyridine rings is 1. The molecular weight excluding hydrogens is 529 g/mol. The highest BCUT2D eigenvalue weighted by Crippen LogP contribution is 2.15. The van der Waals surface area contributed by atoms with Crippen molar-refractivity contribution in [3.05, 3.63) is 30.2 Å². The van der Waals surface area contributed by atoms with Crippen molar-refractivity contribution in [2.75, 3.05) is 31.9 Å². The molecule has 0 unspecified atom stereocenters. The third kappa shape index (κ3) is 7.28. The Labute approximate surface area is 202 Å². The van der Waals surface area contributed by atoms with Gasteiger partial charge in [0.05, 0.1) is 5.75 Å². The maximum Gasteiger partial charge on any atom is 0.214 e. The second-order valence-corrected chi connectivity index (χ2v) is 9.63. The molecule has 1 aliphatic rings. The highest BCUT2D eigenvalue weighted by atomic mass is 127. The van der Waals surface area contributed by atoms with Gasteiger partial charge >= 0.3 is 0 Å². The SMILES string of the molecule is CCCS(=O)(=O)N1CCC(NC(=NCCCc2nnc3ccccn23)NCC)CC1.I. The molecule has 1 aliphatic heterocycles. The molecule has 3 heterocycles. The molecule has 0 spiro atoms. The third-order valence-corrected chi connectivity index (χ3v) is 7.28. The zero-order valence-electron chi connectivity index (χ0n) is 18.3. The number of rotatable bonds is 9. The molecule has 2 N–H and O–H groups in total. The summed E-state index contributed by atoms with van der Waals surface area (Å²) in [5.41, 5.74) is 0.860. The van der Waals surface area contributed by atoms with E-state index in [0.29, 0.717) is 26.1 Å². The standard InChI is InChI=1S/C20H33N7O2S.HI/c1-3-16-30(28,29)26-14-10-17(11-15-26)23-20(21-4-2)22-12-7-9-19-25-24-18-8-5-6-13-27(18)19;/h5-6,8,13,17H,3-4,7,9-12,14-16H2,1-2H3,(H2,21,22,23);1H. The number of nitrogens with zero attached hydrogens (tertiary/aromatic N) is 5. The van der Waals surface area contributed by atoms with Crippen molar-refractivity contribution < 1.29 is 8.42 Å². The fourth-order valence-corrected chi connectivity index (χ4v) is 5.21. The molecule has 1 saturated heterocycles. The van der Waals surface area contributed by atoms with Crippen LogP contribution in [-0.4, -0.2) is 71.3 Å². The molecule has 3 rings (SSSR count). The number of nitrogens with one attached hydrogen (secondary N) is 2. The van der Waals surface area contributed by atoms with Crippen molar-refractivity contribution in [1.82, 2.24) is 29.5 Å². The molecule has 174 valence electrons. The summed E-state index contributed by atoms with van der Waals surface area (Å²) in [7, 11) is -3.10. The Kier molecular flexibility index (Phi) is 10.4. The molecule has 0 atom stereocenters. The number of aromatic nitrogens is 3. The van der Waals surface area contributed by atoms with E-state index in [1.165, 1.54) is 0 Å². The Morgan fingerprint density at radius 1 is 1.23 bits per heavy atom. The highest BCUT2D eigenvalue weighted by Gasteiger charge is 2.27. The summed E-state index contributed by atoms with van der Waals surface area (Å²) >= 11 is 0. The van der Waals surface area contributed by atoms with Gasteiger partial charge in [0.1, 0.15) is 5.82 Å². The zero-order valence-corrected chi connectivity index (χ0v) is 21.5. The summed E-state index contributed by atoms with van der Waals surface area (Å²) in [5.74, 6) is 1.97. The van der Waals surface area contributed by atoms with Crippen LogP contribution in [0.3, 0.4) is 0 Å². The highest BCUT2D eigenvalue weighted by molar-refractivity contribution is 14.0. The van der Waals surface area contributed by atoms with Crippen molar-refractivity contribution in [1.29, 1.82) is 0 Å². The lowest BCUT2D eigenvalue weighted by molar-refractivity contribution is 0.306. The van der Waals surface area contributed by atoms with Crippen LogP contribution >= 0.6 is 24.0 Å². The second-order valence-electron chi connectivity index (χ2n) is 7.54. The average Bonchev–Trinajstić information content (AvgIpc) is 3.15. The van der Waals surface area contributed by atoms with E-state index in [-0.39, 0.29) is 35.8 Å². The Morgan fingerprint density at radius 3 is 2.71 bits per heavy atom. The van der Waals surface area contributed by atoms with Gasteiger partial charge in [0.2, 0.25) is 10.0 Å². The van der Waals surface area contributed by atoms with Crippen LogP contribution < -0.4 is 10.6 Å². The lowest BCUT2D eigenvalue weighted by Crippen LogP contribution is -2.50. The van der Waals surface area contributed by atoms with Crippen LogP contribution in [0.15, 0.2) is 29.4 Å². The topological polar surface area (TPSA) is 104 Å². The Hall–Kier alpha value is -1.47. The molecule has 1 fully saturated rings. The number of guanidine groups is 1. The van der Waals surface area contributed by atoms with Gasteiger partial charge in [0.25, 0.3) is 0 Å². The Bertz CT molecular complexity index is 940. The molecule has 0 saturated carbocycles. The largest absolute Gasteiger partial charge is 0.357 e. The predicted octanol–water partition coefficient (Wildman–Crippen LogP) is 2.04. The lowest BCUT2D eigenvalue weighted by Gasteiger charge is -2.32. The predicted molar refractivity (Wildman–Crippen MR) is 135 cm³/mol. The number of halogens is 1. The molecule has 11 heteroatoms. The molecule has 0 aliphatic carbocycles. The first-order valence-corrected chi connectivity index (χ1v) is 12.5. The summed E-state index contributed by atoms with van der Waals surface area (Å²) in [4.78, 5) is 4.69. The van der Waals surface area contributed by atoms with Crippen molar-refractivity contribution in [2.45, 2.75) is 52.0 Å². The number of sulfonamides is 1. The van der Waals surface area contributed by atoms with E-state index in [2.05, 4.69) is 25.8 Å². The van der Waals surface area contributed by atoms with E-state index in [0.717, 1.165) is 49.7 Å². The monoisotopic (exact) mass is 563 g/mol. The van der Waals surface area contributed by atoms with Gasteiger partial charge in [-0.1, -0.05) is 13.0 Å². The van der Waals surface area contributed by atoms with E-state index in [1.807, 2.05) is 42.6 Å². The molecule has 9 nitrogen and oxygen atoms in total. The van der Waals surface area contributed by atoms with Crippen LogP contribution in [0.4, 0.5) is 0 Å². The first-order valence-electron chi connectivity index (χ1n) is 10.8. The van der Waals surface area contributed by atoms with Gasteiger partial charge in [0, 0.05) is 44.8 Å². The summed E-state index contributed by atoms with van der Waals surface area (Å²) < 4.78 is 28.1. The van der Waals surface area contributed by atoms with Crippen LogP contribution in [0.1, 0.15) is 45.4 Å². The van der Waals surface area contributed by atoms with E-state index >= 15 is 0 Å². The second kappa shape index (κ2) is 12.5. The van der Waals surface area contributed by atoms with Crippen LogP contribution in [-0.2, 0) is 16.4 Å². The molecular formula is C20H34IN7O2S. The van der Waals surface area contributed by atoms with Crippen molar-refractivity contribution >= 4 is 45.6 Å². The number of hydrogen-bond acceptors (Lipinski definition) is 5. The van der Waals surface area contributed by atoms with Gasteiger partial charge in [-0.05, 0) is 44.7 Å². The molecule has 0 aromatic carbocycles. The number of hydrogen-bond donors (Lipinski definition) is 2. The number of fused-ring (bicyclic) bond motifs is 1. The minimum Gasteiger partial charge on any atom is -0.357 e. The minimum absolute atomic E-state index is 0. The summed E-state index contributed by atoms with van der Waals surface area (Å²) in [5, 5.41) is 15.2. The molecule has 31 heavy (non-hydrogen) atoms. The number of piperidine rings is 1. The van der Waals surface area contributed by atoms with E-state index in [9.17, 15) is 8.42 Å². The number of aryl methyl sites for hydroxylation is 1. The van der Waals surface area contributed by atoms with Crippen molar-refractivity contribution in [2.24, 2.45) is 4.99 Å². The van der Waals surface area contributed by atoms with E-state index in [1.54, 1.807) is 4.31 Å². The van der Waals surface area contributed by atoms with Gasteiger partial charge < -0.3 is 10.6 Å². The van der Waals surface area contributed by atoms with Crippen molar-refractivity contribution in [3.63, 3.8) is 0 Å². The van der Waals surface area contributed by atoms with Crippen LogP contribution in [0, 0.1) is 0 Å². The van der Waals surface area contributed by atoms with Gasteiger partial charge in [-0.15, -0.1) is 34.2 Å². The number of aliphatic imine (C=N–C) groups is 1. The van der Waals surface area contributed by atoms with Gasteiger partial charge in [0.15, 0.2) is 11.6 Å². The van der Waals surface area contributed by atoms with Crippen LogP contribution in [0.25, 0.3) is 5.65 Å². The van der Waals surface area contributed by atoms with Crippen LogP contribution in [0.5, 0.6) is 0 Å². The molecule has 0 radical (unpaired) electrons. The van der Waals surface area contributed by atoms with Gasteiger partial charge in [-0.2, -0.15) is 0 Å². The minimum atomic E-state index is -3.10. The Balaban J connectivity index is 0.00000341. The fourth-order valence-electron chi connectivity index (χ4n) is 3.67. The molecule has 2 aromatic heterocycles. The summed E-state index contributed by atoms with van der Waals surface area (Å²) in [6.07, 6.45) is 5.90. The lowest BCUT2D eigenvalue weighted by atomic mass is 10.1. The normalized spacial score (nSPS) is 16.3. The van der Waals surface area contributed by atoms with E-state index in [4.69, 9.17) is 0 Å². The third-order valence-electron chi connectivity index (χ3n) is 5.21. The maximum absolute atomic E-state index is 12.2. The van der Waals surface area contributed by atoms with E-state index < -0.39 is 10.0 Å². The van der Waals surface area contributed by atoms with Crippen molar-refractivity contribution in [3.8, 4) is 0 Å². The van der Waals surface area contributed by atoms with Crippen LogP contribution in [0.2, 0.25) is 0 Å². The maximum atomic E-state index is 12.2. The summed E-state index contributed by atoms with van der Waals surface area (Å²) in [6, 6.07) is 6.11. The molecule has 0 bridgehead atoms. The zero-order chi connectivity index (χ0) is 21.4. The average molecular weight is 564 g/mol. The fraction of sp³-hybridized carbons (Fsp3) is 0.650. The quantitative estimate of drug-likeness (QED) is 0.210. The summed E-state index contributed by atoms with van der Waals surface area (Å²) in [6.45, 7) is 6.54. The Morgan fingerprint density at radius 2 is 2.00 bits per heavy atom. The van der Waals surface area contributed by atoms with Gasteiger partial charge in [-0.25, -0.2) is 12.7 Å². The molecule has 2 aromatic rings.